The third kappa shape index (κ3) is 2.64. The van der Waals surface area contributed by atoms with E-state index in [4.69, 9.17) is 16.4 Å². The number of benzene rings is 1. The molecule has 0 saturated carbocycles. The third-order valence-electron chi connectivity index (χ3n) is 2.60. The summed E-state index contributed by atoms with van der Waals surface area (Å²) >= 11 is 5.83. The number of hydrogen-bond acceptors (Lipinski definition) is 2. The molecular formula is C13H14ClNO. The van der Waals surface area contributed by atoms with Crippen molar-refractivity contribution in [1.29, 1.82) is 0 Å². The van der Waals surface area contributed by atoms with Gasteiger partial charge in [-0.15, -0.1) is 6.58 Å². The van der Waals surface area contributed by atoms with Crippen LogP contribution in [0.4, 0.5) is 0 Å². The van der Waals surface area contributed by atoms with Gasteiger partial charge in [0.1, 0.15) is 6.10 Å². The number of oxime groups is 1. The predicted molar refractivity (Wildman–Crippen MR) is 66.9 cm³/mol. The molecule has 0 spiro atoms. The Morgan fingerprint density at radius 3 is 2.88 bits per heavy atom. The Morgan fingerprint density at radius 1 is 1.44 bits per heavy atom. The Morgan fingerprint density at radius 2 is 2.19 bits per heavy atom. The number of halogens is 1. The molecule has 0 fully saturated rings. The van der Waals surface area contributed by atoms with E-state index in [-0.39, 0.29) is 6.10 Å². The van der Waals surface area contributed by atoms with E-state index in [2.05, 4.69) is 11.7 Å². The van der Waals surface area contributed by atoms with E-state index < -0.39 is 0 Å². The molecule has 1 aromatic carbocycles. The van der Waals surface area contributed by atoms with E-state index in [0.29, 0.717) is 0 Å². The van der Waals surface area contributed by atoms with E-state index in [1.165, 1.54) is 0 Å². The van der Waals surface area contributed by atoms with Crippen molar-refractivity contribution < 1.29 is 4.84 Å². The Bertz CT molecular complexity index is 397. The SMILES string of the molecule is C=CCCC1CC(c2ccc(Cl)cc2)=NO1. The topological polar surface area (TPSA) is 21.6 Å². The number of hydrogen-bond donors (Lipinski definition) is 0. The van der Waals surface area contributed by atoms with Gasteiger partial charge in [0.05, 0.1) is 5.71 Å². The average molecular weight is 236 g/mol. The first-order valence-electron chi connectivity index (χ1n) is 5.39. The molecule has 0 bridgehead atoms. The molecule has 1 aliphatic rings. The van der Waals surface area contributed by atoms with Crippen LogP contribution in [-0.2, 0) is 4.84 Å². The van der Waals surface area contributed by atoms with Crippen molar-refractivity contribution in [3.63, 3.8) is 0 Å². The van der Waals surface area contributed by atoms with Crippen molar-refractivity contribution in [3.05, 3.63) is 47.5 Å². The van der Waals surface area contributed by atoms with Crippen LogP contribution in [0.25, 0.3) is 0 Å². The van der Waals surface area contributed by atoms with Gasteiger partial charge >= 0.3 is 0 Å². The quantitative estimate of drug-likeness (QED) is 0.728. The lowest BCUT2D eigenvalue weighted by Crippen LogP contribution is -2.07. The van der Waals surface area contributed by atoms with Gasteiger partial charge in [0.15, 0.2) is 0 Å². The summed E-state index contributed by atoms with van der Waals surface area (Å²) in [7, 11) is 0. The monoisotopic (exact) mass is 235 g/mol. The molecule has 0 radical (unpaired) electrons. The van der Waals surface area contributed by atoms with Crippen molar-refractivity contribution in [2.45, 2.75) is 25.4 Å². The summed E-state index contributed by atoms with van der Waals surface area (Å²) in [5, 5.41) is 4.85. The number of nitrogens with zero attached hydrogens (tertiary/aromatic N) is 1. The van der Waals surface area contributed by atoms with Crippen molar-refractivity contribution in [1.82, 2.24) is 0 Å². The predicted octanol–water partition coefficient (Wildman–Crippen LogP) is 3.80. The second-order valence-corrected chi connectivity index (χ2v) is 4.28. The van der Waals surface area contributed by atoms with Crippen LogP contribution in [0.2, 0.25) is 5.02 Å². The highest BCUT2D eigenvalue weighted by Crippen LogP contribution is 2.21. The van der Waals surface area contributed by atoms with Crippen molar-refractivity contribution in [2.24, 2.45) is 5.16 Å². The summed E-state index contributed by atoms with van der Waals surface area (Å²) in [6.45, 7) is 3.70. The average Bonchev–Trinajstić information content (AvgIpc) is 2.76. The molecule has 0 amide bonds. The molecule has 3 heteroatoms. The summed E-state index contributed by atoms with van der Waals surface area (Å²) in [6, 6.07) is 7.69. The maximum Gasteiger partial charge on any atom is 0.133 e. The fourth-order valence-corrected chi connectivity index (χ4v) is 1.83. The van der Waals surface area contributed by atoms with Gasteiger partial charge in [-0.1, -0.05) is 35.0 Å². The molecule has 84 valence electrons. The first-order chi connectivity index (χ1) is 7.79. The summed E-state index contributed by atoms with van der Waals surface area (Å²) in [4.78, 5) is 5.36. The van der Waals surface area contributed by atoms with Gasteiger partial charge in [-0.25, -0.2) is 0 Å². The Hall–Kier alpha value is -1.28. The molecule has 1 aromatic rings. The second kappa shape index (κ2) is 5.17. The zero-order valence-corrected chi connectivity index (χ0v) is 9.78. The summed E-state index contributed by atoms with van der Waals surface area (Å²) < 4.78 is 0. The van der Waals surface area contributed by atoms with Crippen molar-refractivity contribution >= 4 is 17.3 Å². The van der Waals surface area contributed by atoms with Gasteiger partial charge < -0.3 is 4.84 Å². The molecule has 0 saturated heterocycles. The highest BCUT2D eigenvalue weighted by Gasteiger charge is 2.21. The highest BCUT2D eigenvalue weighted by atomic mass is 35.5. The van der Waals surface area contributed by atoms with E-state index in [1.807, 2.05) is 30.3 Å². The van der Waals surface area contributed by atoms with Crippen LogP contribution in [0.3, 0.4) is 0 Å². The van der Waals surface area contributed by atoms with Crippen LogP contribution in [0.15, 0.2) is 42.1 Å². The van der Waals surface area contributed by atoms with Crippen LogP contribution in [-0.4, -0.2) is 11.8 Å². The molecule has 1 atom stereocenters. The highest BCUT2D eigenvalue weighted by molar-refractivity contribution is 6.30. The lowest BCUT2D eigenvalue weighted by molar-refractivity contribution is 0.0799. The molecule has 2 rings (SSSR count). The zero-order chi connectivity index (χ0) is 11.4. The number of rotatable bonds is 4. The smallest absolute Gasteiger partial charge is 0.133 e. The Labute approximate surface area is 101 Å². The lowest BCUT2D eigenvalue weighted by atomic mass is 10.0. The van der Waals surface area contributed by atoms with E-state index in [0.717, 1.165) is 35.6 Å². The molecule has 0 aliphatic carbocycles. The molecule has 1 unspecified atom stereocenters. The molecule has 1 aliphatic heterocycles. The first-order valence-corrected chi connectivity index (χ1v) is 5.77. The Balaban J connectivity index is 1.97. The van der Waals surface area contributed by atoms with Crippen LogP contribution in [0.1, 0.15) is 24.8 Å². The van der Waals surface area contributed by atoms with Gasteiger partial charge in [0.25, 0.3) is 0 Å². The van der Waals surface area contributed by atoms with Gasteiger partial charge in [-0.05, 0) is 30.5 Å². The van der Waals surface area contributed by atoms with Crippen molar-refractivity contribution in [2.75, 3.05) is 0 Å². The van der Waals surface area contributed by atoms with Gasteiger partial charge in [0.2, 0.25) is 0 Å². The summed E-state index contributed by atoms with van der Waals surface area (Å²) in [5.74, 6) is 0. The van der Waals surface area contributed by atoms with Gasteiger partial charge in [-0.2, -0.15) is 0 Å². The fraction of sp³-hybridized carbons (Fsp3) is 0.308. The van der Waals surface area contributed by atoms with Crippen LogP contribution >= 0.6 is 11.6 Å². The number of allylic oxidation sites excluding steroid dienone is 1. The minimum absolute atomic E-state index is 0.198. The maximum absolute atomic E-state index is 5.83. The minimum atomic E-state index is 0.198. The lowest BCUT2D eigenvalue weighted by Gasteiger charge is -2.04. The molecular weight excluding hydrogens is 222 g/mol. The van der Waals surface area contributed by atoms with Gasteiger partial charge in [-0.3, -0.25) is 0 Å². The van der Waals surface area contributed by atoms with Crippen molar-refractivity contribution in [3.8, 4) is 0 Å². The molecule has 0 N–H and O–H groups in total. The molecule has 16 heavy (non-hydrogen) atoms. The molecule has 2 nitrogen and oxygen atoms in total. The standard InChI is InChI=1S/C13H14ClNO/c1-2-3-4-12-9-13(15-16-12)10-5-7-11(14)8-6-10/h2,5-8,12H,1,3-4,9H2. The molecule has 1 heterocycles. The summed E-state index contributed by atoms with van der Waals surface area (Å²) in [5.41, 5.74) is 2.09. The second-order valence-electron chi connectivity index (χ2n) is 3.84. The minimum Gasteiger partial charge on any atom is -0.392 e. The third-order valence-corrected chi connectivity index (χ3v) is 2.86. The zero-order valence-electron chi connectivity index (χ0n) is 9.03. The van der Waals surface area contributed by atoms with E-state index in [1.54, 1.807) is 0 Å². The van der Waals surface area contributed by atoms with Crippen LogP contribution < -0.4 is 0 Å². The first kappa shape index (κ1) is 11.2. The van der Waals surface area contributed by atoms with Gasteiger partial charge in [0, 0.05) is 11.4 Å². The van der Waals surface area contributed by atoms with Crippen LogP contribution in [0, 0.1) is 0 Å². The van der Waals surface area contributed by atoms with Crippen LogP contribution in [0.5, 0.6) is 0 Å². The fourth-order valence-electron chi connectivity index (χ4n) is 1.70. The van der Waals surface area contributed by atoms with E-state index >= 15 is 0 Å². The normalized spacial score (nSPS) is 19.1. The molecule has 0 aromatic heterocycles. The summed E-state index contributed by atoms with van der Waals surface area (Å²) in [6.07, 6.45) is 4.92. The van der Waals surface area contributed by atoms with E-state index in [9.17, 15) is 0 Å². The largest absolute Gasteiger partial charge is 0.392 e. The maximum atomic E-state index is 5.83. The Kier molecular flexibility index (Phi) is 3.62.